The molecule has 0 aromatic carbocycles. The number of carbonyl (C=O) groups is 2. The predicted molar refractivity (Wildman–Crippen MR) is 67.4 cm³/mol. The zero-order valence-corrected chi connectivity index (χ0v) is 11.6. The lowest BCUT2D eigenvalue weighted by molar-refractivity contribution is -0.145. The first-order valence-corrected chi connectivity index (χ1v) is 6.23. The van der Waals surface area contributed by atoms with Gasteiger partial charge in [0.25, 0.3) is 0 Å². The van der Waals surface area contributed by atoms with Crippen molar-refractivity contribution < 1.29 is 23.8 Å². The third-order valence-electron chi connectivity index (χ3n) is 2.52. The normalized spacial score (nSPS) is 12.2. The summed E-state index contributed by atoms with van der Waals surface area (Å²) in [4.78, 5) is 22.1. The Balaban J connectivity index is 3.73. The van der Waals surface area contributed by atoms with Crippen LogP contribution >= 0.6 is 0 Å². The minimum Gasteiger partial charge on any atom is -0.465 e. The fourth-order valence-corrected chi connectivity index (χ4v) is 1.50. The molecule has 1 atom stereocenters. The summed E-state index contributed by atoms with van der Waals surface area (Å²) in [7, 11) is 3.26. The molecule has 0 spiro atoms. The van der Waals surface area contributed by atoms with E-state index in [1.165, 1.54) is 6.92 Å². The number of ketones is 1. The maximum atomic E-state index is 11.4. The van der Waals surface area contributed by atoms with Gasteiger partial charge in [0, 0.05) is 39.6 Å². The van der Waals surface area contributed by atoms with Crippen molar-refractivity contribution in [3.05, 3.63) is 0 Å². The van der Waals surface area contributed by atoms with Gasteiger partial charge in [-0.2, -0.15) is 0 Å². The molecule has 0 aromatic heterocycles. The Labute approximate surface area is 109 Å². The molecular weight excluding hydrogens is 236 g/mol. The van der Waals surface area contributed by atoms with Gasteiger partial charge < -0.3 is 19.0 Å². The molecule has 0 aliphatic heterocycles. The minimum absolute atomic E-state index is 0.0974. The van der Waals surface area contributed by atoms with Crippen LogP contribution in [0.1, 0.15) is 32.6 Å². The smallest absolute Gasteiger partial charge is 0.305 e. The van der Waals surface area contributed by atoms with Gasteiger partial charge in [0.05, 0.1) is 13.2 Å². The van der Waals surface area contributed by atoms with Crippen LogP contribution in [0.15, 0.2) is 0 Å². The maximum absolute atomic E-state index is 11.4. The van der Waals surface area contributed by atoms with Crippen molar-refractivity contribution in [1.82, 2.24) is 0 Å². The van der Waals surface area contributed by atoms with E-state index in [0.29, 0.717) is 39.1 Å². The summed E-state index contributed by atoms with van der Waals surface area (Å²) in [5, 5.41) is 0. The molecule has 18 heavy (non-hydrogen) atoms. The van der Waals surface area contributed by atoms with E-state index in [-0.39, 0.29) is 17.7 Å². The highest BCUT2D eigenvalue weighted by Crippen LogP contribution is 2.06. The molecule has 0 radical (unpaired) electrons. The van der Waals surface area contributed by atoms with Crippen molar-refractivity contribution in [3.63, 3.8) is 0 Å². The van der Waals surface area contributed by atoms with Gasteiger partial charge >= 0.3 is 5.97 Å². The molecule has 0 rings (SSSR count). The molecule has 0 N–H and O–H groups in total. The Hall–Kier alpha value is -0.940. The van der Waals surface area contributed by atoms with E-state index in [4.69, 9.17) is 14.2 Å². The van der Waals surface area contributed by atoms with E-state index in [2.05, 4.69) is 0 Å². The first-order chi connectivity index (χ1) is 8.60. The number of ether oxygens (including phenoxy) is 3. The van der Waals surface area contributed by atoms with Gasteiger partial charge in [-0.3, -0.25) is 4.79 Å². The first kappa shape index (κ1) is 17.1. The van der Waals surface area contributed by atoms with Gasteiger partial charge in [0.1, 0.15) is 5.78 Å². The number of methoxy groups -OCH3 is 2. The quantitative estimate of drug-likeness (QED) is 0.528. The molecule has 0 amide bonds. The maximum Gasteiger partial charge on any atom is 0.305 e. The van der Waals surface area contributed by atoms with E-state index in [9.17, 15) is 9.59 Å². The standard InChI is InChI=1S/C13H24O5/c1-11(14)5-4-6-13(15)18-10-12(9-17-3)7-8-16-2/h12H,4-10H2,1-3H3. The van der Waals surface area contributed by atoms with Crippen LogP contribution in [-0.2, 0) is 23.8 Å². The van der Waals surface area contributed by atoms with Crippen molar-refractivity contribution in [2.75, 3.05) is 34.0 Å². The molecule has 0 heterocycles. The van der Waals surface area contributed by atoms with E-state index < -0.39 is 0 Å². The van der Waals surface area contributed by atoms with Crippen LogP contribution in [0.4, 0.5) is 0 Å². The Morgan fingerprint density at radius 1 is 1.06 bits per heavy atom. The van der Waals surface area contributed by atoms with Crippen molar-refractivity contribution >= 4 is 11.8 Å². The van der Waals surface area contributed by atoms with Gasteiger partial charge in [-0.05, 0) is 19.8 Å². The summed E-state index contributed by atoms with van der Waals surface area (Å²) in [5.74, 6) is 0.00151. The number of hydrogen-bond acceptors (Lipinski definition) is 5. The van der Waals surface area contributed by atoms with Crippen molar-refractivity contribution in [2.24, 2.45) is 5.92 Å². The number of hydrogen-bond donors (Lipinski definition) is 0. The van der Waals surface area contributed by atoms with Gasteiger partial charge in [0.15, 0.2) is 0 Å². The van der Waals surface area contributed by atoms with E-state index in [1.807, 2.05) is 0 Å². The average molecular weight is 260 g/mol. The molecule has 5 nitrogen and oxygen atoms in total. The molecular formula is C13H24O5. The second-order valence-electron chi connectivity index (χ2n) is 4.34. The van der Waals surface area contributed by atoms with Gasteiger partial charge in [-0.15, -0.1) is 0 Å². The molecule has 0 saturated heterocycles. The van der Waals surface area contributed by atoms with E-state index >= 15 is 0 Å². The van der Waals surface area contributed by atoms with Crippen molar-refractivity contribution in [2.45, 2.75) is 32.6 Å². The van der Waals surface area contributed by atoms with Crippen LogP contribution in [0.5, 0.6) is 0 Å². The molecule has 0 fully saturated rings. The highest BCUT2D eigenvalue weighted by Gasteiger charge is 2.12. The van der Waals surface area contributed by atoms with Gasteiger partial charge in [0.2, 0.25) is 0 Å². The average Bonchev–Trinajstić information content (AvgIpc) is 2.32. The second-order valence-corrected chi connectivity index (χ2v) is 4.34. The number of Topliss-reactive ketones (excluding diaryl/α,β-unsaturated/α-hetero) is 1. The lowest BCUT2D eigenvalue weighted by Gasteiger charge is -2.15. The van der Waals surface area contributed by atoms with Crippen molar-refractivity contribution in [1.29, 1.82) is 0 Å². The zero-order chi connectivity index (χ0) is 13.8. The van der Waals surface area contributed by atoms with Gasteiger partial charge in [-0.25, -0.2) is 0 Å². The third-order valence-corrected chi connectivity index (χ3v) is 2.52. The molecule has 106 valence electrons. The van der Waals surface area contributed by atoms with Crippen LogP contribution < -0.4 is 0 Å². The fourth-order valence-electron chi connectivity index (χ4n) is 1.50. The Morgan fingerprint density at radius 2 is 1.78 bits per heavy atom. The Bertz CT molecular complexity index is 240. The van der Waals surface area contributed by atoms with Crippen LogP contribution in [0.25, 0.3) is 0 Å². The zero-order valence-electron chi connectivity index (χ0n) is 11.6. The lowest BCUT2D eigenvalue weighted by Crippen LogP contribution is -2.20. The molecule has 0 aliphatic carbocycles. The Kier molecular flexibility index (Phi) is 10.6. The molecule has 5 heteroatoms. The molecule has 0 saturated carbocycles. The minimum atomic E-state index is -0.255. The summed E-state index contributed by atoms with van der Waals surface area (Å²) < 4.78 is 15.2. The highest BCUT2D eigenvalue weighted by molar-refractivity contribution is 5.76. The monoisotopic (exact) mass is 260 g/mol. The summed E-state index contributed by atoms with van der Waals surface area (Å²) in [6.45, 7) is 3.03. The largest absolute Gasteiger partial charge is 0.465 e. The topological polar surface area (TPSA) is 61.8 Å². The van der Waals surface area contributed by atoms with Crippen LogP contribution in [0.3, 0.4) is 0 Å². The summed E-state index contributed by atoms with van der Waals surface area (Å²) in [6, 6.07) is 0. The summed E-state index contributed by atoms with van der Waals surface area (Å²) in [5.41, 5.74) is 0. The van der Waals surface area contributed by atoms with Crippen LogP contribution in [0.2, 0.25) is 0 Å². The number of rotatable bonds is 11. The second kappa shape index (κ2) is 11.2. The SMILES string of the molecule is COCCC(COC)COC(=O)CCCC(C)=O. The summed E-state index contributed by atoms with van der Waals surface area (Å²) in [6.07, 6.45) is 2.08. The van der Waals surface area contributed by atoms with Gasteiger partial charge in [-0.1, -0.05) is 0 Å². The summed E-state index contributed by atoms with van der Waals surface area (Å²) >= 11 is 0. The Morgan fingerprint density at radius 3 is 2.33 bits per heavy atom. The third kappa shape index (κ3) is 10.2. The molecule has 1 unspecified atom stereocenters. The number of esters is 1. The number of carbonyl (C=O) groups excluding carboxylic acids is 2. The van der Waals surface area contributed by atoms with E-state index in [0.717, 1.165) is 6.42 Å². The first-order valence-electron chi connectivity index (χ1n) is 6.23. The lowest BCUT2D eigenvalue weighted by atomic mass is 10.1. The molecule has 0 aromatic rings. The predicted octanol–water partition coefficient (Wildman–Crippen LogP) is 1.59. The van der Waals surface area contributed by atoms with Crippen LogP contribution in [-0.4, -0.2) is 45.8 Å². The van der Waals surface area contributed by atoms with Crippen LogP contribution in [0, 0.1) is 5.92 Å². The molecule has 0 aliphatic rings. The fraction of sp³-hybridized carbons (Fsp3) is 0.846. The molecule has 0 bridgehead atoms. The highest BCUT2D eigenvalue weighted by atomic mass is 16.5. The van der Waals surface area contributed by atoms with Crippen molar-refractivity contribution in [3.8, 4) is 0 Å². The van der Waals surface area contributed by atoms with E-state index in [1.54, 1.807) is 14.2 Å².